The quantitative estimate of drug-likeness (QED) is 0.592. The average Bonchev–Trinajstić information content (AvgIpc) is 3.56. The number of hydrogen-bond acceptors (Lipinski definition) is 3. The van der Waals surface area contributed by atoms with Crippen LogP contribution in [0.1, 0.15) is 40.2 Å². The van der Waals surface area contributed by atoms with E-state index in [4.69, 9.17) is 11.6 Å². The normalized spacial score (nSPS) is 14.2. The molecule has 6 nitrogen and oxygen atoms in total. The van der Waals surface area contributed by atoms with E-state index in [2.05, 4.69) is 15.7 Å². The van der Waals surface area contributed by atoms with Gasteiger partial charge in [-0.3, -0.25) is 9.59 Å². The van der Waals surface area contributed by atoms with Gasteiger partial charge in [-0.2, -0.15) is 5.10 Å². The van der Waals surface area contributed by atoms with Gasteiger partial charge in [-0.05, 0) is 56.5 Å². The van der Waals surface area contributed by atoms with E-state index in [-0.39, 0.29) is 17.9 Å². The van der Waals surface area contributed by atoms with Crippen molar-refractivity contribution in [3.63, 3.8) is 0 Å². The number of amides is 2. The Bertz CT molecular complexity index is 1090. The lowest BCUT2D eigenvalue weighted by molar-refractivity contribution is -0.123. The molecule has 1 aliphatic rings. The van der Waals surface area contributed by atoms with Crippen LogP contribution in [0.3, 0.4) is 0 Å². The van der Waals surface area contributed by atoms with Gasteiger partial charge in [0, 0.05) is 18.0 Å². The van der Waals surface area contributed by atoms with Gasteiger partial charge in [0.05, 0.1) is 22.1 Å². The molecule has 1 heterocycles. The van der Waals surface area contributed by atoms with Crippen molar-refractivity contribution in [1.29, 1.82) is 0 Å². The molecule has 0 bridgehead atoms. The molecule has 3 aromatic rings. The van der Waals surface area contributed by atoms with E-state index in [1.165, 1.54) is 0 Å². The molecular formula is C24H25ClN4O2. The summed E-state index contributed by atoms with van der Waals surface area (Å²) in [6, 6.07) is 16.4. The van der Waals surface area contributed by atoms with Crippen molar-refractivity contribution >= 4 is 23.4 Å². The fourth-order valence-corrected chi connectivity index (χ4v) is 3.58. The van der Waals surface area contributed by atoms with Crippen molar-refractivity contribution in [3.8, 4) is 5.69 Å². The summed E-state index contributed by atoms with van der Waals surface area (Å²) < 4.78 is 1.75. The molecule has 1 aromatic heterocycles. The second-order valence-electron chi connectivity index (χ2n) is 7.94. The molecule has 7 heteroatoms. The standard InChI is InChI=1S/C24H25ClN4O2/c1-15-22(25)16(2)29(28-15)20-12-8-18(9-13-20)23(30)27-21(24(31)26-19-10-11-19)14-17-6-4-3-5-7-17/h3-9,12-13,19,21H,10-11,14H2,1-2H3,(H,26,31)(H,27,30). The molecule has 2 aromatic carbocycles. The van der Waals surface area contributed by atoms with Gasteiger partial charge in [0.25, 0.3) is 5.91 Å². The predicted molar refractivity (Wildman–Crippen MR) is 121 cm³/mol. The van der Waals surface area contributed by atoms with Gasteiger partial charge in [-0.1, -0.05) is 41.9 Å². The first-order valence-electron chi connectivity index (χ1n) is 10.4. The van der Waals surface area contributed by atoms with Crippen molar-refractivity contribution in [3.05, 3.63) is 82.1 Å². The first-order chi connectivity index (χ1) is 14.9. The Labute approximate surface area is 186 Å². The summed E-state index contributed by atoms with van der Waals surface area (Å²) in [4.78, 5) is 25.6. The smallest absolute Gasteiger partial charge is 0.251 e. The highest BCUT2D eigenvalue weighted by Crippen LogP contribution is 2.22. The van der Waals surface area contributed by atoms with Gasteiger partial charge in [0.2, 0.25) is 5.91 Å². The lowest BCUT2D eigenvalue weighted by Gasteiger charge is -2.19. The summed E-state index contributed by atoms with van der Waals surface area (Å²) in [5, 5.41) is 11.0. The SMILES string of the molecule is Cc1nn(-c2ccc(C(=O)NC(Cc3ccccc3)C(=O)NC3CC3)cc2)c(C)c1Cl. The molecular weight excluding hydrogens is 412 g/mol. The van der Waals surface area contributed by atoms with Crippen LogP contribution in [0.15, 0.2) is 54.6 Å². The molecule has 0 spiro atoms. The second kappa shape index (κ2) is 8.94. The lowest BCUT2D eigenvalue weighted by atomic mass is 10.0. The summed E-state index contributed by atoms with van der Waals surface area (Å²) in [6.07, 6.45) is 2.43. The van der Waals surface area contributed by atoms with Crippen LogP contribution in [0.4, 0.5) is 0 Å². The number of carbonyl (C=O) groups excluding carboxylic acids is 2. The molecule has 1 unspecified atom stereocenters. The third-order valence-electron chi connectivity index (χ3n) is 5.41. The monoisotopic (exact) mass is 436 g/mol. The summed E-state index contributed by atoms with van der Waals surface area (Å²) in [6.45, 7) is 3.75. The molecule has 2 amide bonds. The van der Waals surface area contributed by atoms with Crippen LogP contribution in [-0.4, -0.2) is 33.7 Å². The van der Waals surface area contributed by atoms with Gasteiger partial charge < -0.3 is 10.6 Å². The molecule has 1 saturated carbocycles. The Kier molecular flexibility index (Phi) is 6.09. The minimum Gasteiger partial charge on any atom is -0.352 e. The molecule has 31 heavy (non-hydrogen) atoms. The Morgan fingerprint density at radius 3 is 2.35 bits per heavy atom. The topological polar surface area (TPSA) is 76.0 Å². The van der Waals surface area contributed by atoms with Crippen molar-refractivity contribution in [2.24, 2.45) is 0 Å². The van der Waals surface area contributed by atoms with Crippen molar-refractivity contribution in [2.75, 3.05) is 0 Å². The number of hydrogen-bond donors (Lipinski definition) is 2. The second-order valence-corrected chi connectivity index (χ2v) is 8.32. The van der Waals surface area contributed by atoms with E-state index in [0.717, 1.165) is 35.5 Å². The number of aromatic nitrogens is 2. The van der Waals surface area contributed by atoms with Crippen LogP contribution in [0.2, 0.25) is 5.02 Å². The summed E-state index contributed by atoms with van der Waals surface area (Å²) in [7, 11) is 0. The first kappa shape index (κ1) is 21.1. The van der Waals surface area contributed by atoms with Crippen molar-refractivity contribution in [2.45, 2.75) is 45.2 Å². The lowest BCUT2D eigenvalue weighted by Crippen LogP contribution is -2.48. The van der Waals surface area contributed by atoms with E-state index in [1.807, 2.05) is 56.3 Å². The molecule has 0 aliphatic heterocycles. The van der Waals surface area contributed by atoms with Gasteiger partial charge in [-0.25, -0.2) is 4.68 Å². The van der Waals surface area contributed by atoms with Crippen molar-refractivity contribution in [1.82, 2.24) is 20.4 Å². The molecule has 1 aliphatic carbocycles. The third kappa shape index (κ3) is 4.97. The number of halogens is 1. The molecule has 160 valence electrons. The fraction of sp³-hybridized carbons (Fsp3) is 0.292. The zero-order valence-corrected chi connectivity index (χ0v) is 18.3. The molecule has 1 atom stereocenters. The van der Waals surface area contributed by atoms with Crippen LogP contribution in [0.5, 0.6) is 0 Å². The third-order valence-corrected chi connectivity index (χ3v) is 5.95. The summed E-state index contributed by atoms with van der Waals surface area (Å²) in [5.74, 6) is -0.432. The van der Waals surface area contributed by atoms with Crippen molar-refractivity contribution < 1.29 is 9.59 Å². The van der Waals surface area contributed by atoms with E-state index in [9.17, 15) is 9.59 Å². The zero-order valence-electron chi connectivity index (χ0n) is 17.6. The highest BCUT2D eigenvalue weighted by molar-refractivity contribution is 6.31. The highest BCUT2D eigenvalue weighted by Gasteiger charge is 2.28. The molecule has 4 rings (SSSR count). The number of nitrogens with one attached hydrogen (secondary N) is 2. The number of benzene rings is 2. The maximum absolute atomic E-state index is 12.9. The molecule has 2 N–H and O–H groups in total. The van der Waals surface area contributed by atoms with Crippen LogP contribution in [0.25, 0.3) is 5.69 Å². The Morgan fingerprint density at radius 2 is 1.77 bits per heavy atom. The highest BCUT2D eigenvalue weighted by atomic mass is 35.5. The first-order valence-corrected chi connectivity index (χ1v) is 10.8. The van der Waals surface area contributed by atoms with Gasteiger partial charge in [-0.15, -0.1) is 0 Å². The Balaban J connectivity index is 1.49. The minimum absolute atomic E-state index is 0.145. The maximum atomic E-state index is 12.9. The van der Waals surface area contributed by atoms with Crippen LogP contribution >= 0.6 is 11.6 Å². The predicted octanol–water partition coefficient (Wildman–Crippen LogP) is 3.76. The minimum atomic E-state index is -0.634. The van der Waals surface area contributed by atoms with Crippen LogP contribution in [0, 0.1) is 13.8 Å². The van der Waals surface area contributed by atoms with E-state index in [1.54, 1.807) is 16.8 Å². The van der Waals surface area contributed by atoms with Crippen LogP contribution < -0.4 is 10.6 Å². The average molecular weight is 437 g/mol. The number of rotatable bonds is 7. The summed E-state index contributed by atoms with van der Waals surface area (Å²) in [5.41, 5.74) is 3.89. The van der Waals surface area contributed by atoms with Crippen LogP contribution in [-0.2, 0) is 11.2 Å². The fourth-order valence-electron chi connectivity index (χ4n) is 3.46. The Morgan fingerprint density at radius 1 is 1.10 bits per heavy atom. The van der Waals surface area contributed by atoms with Gasteiger partial charge in [0.1, 0.15) is 6.04 Å². The maximum Gasteiger partial charge on any atom is 0.251 e. The summed E-state index contributed by atoms with van der Waals surface area (Å²) >= 11 is 6.24. The van der Waals surface area contributed by atoms with Gasteiger partial charge >= 0.3 is 0 Å². The van der Waals surface area contributed by atoms with E-state index in [0.29, 0.717) is 17.0 Å². The molecule has 0 radical (unpaired) electrons. The largest absolute Gasteiger partial charge is 0.352 e. The van der Waals surface area contributed by atoms with E-state index < -0.39 is 6.04 Å². The number of nitrogens with zero attached hydrogens (tertiary/aromatic N) is 2. The number of carbonyl (C=O) groups is 2. The van der Waals surface area contributed by atoms with Gasteiger partial charge in [0.15, 0.2) is 0 Å². The molecule has 1 fully saturated rings. The molecule has 0 saturated heterocycles. The number of aryl methyl sites for hydroxylation is 1. The Hall–Kier alpha value is -3.12. The van der Waals surface area contributed by atoms with E-state index >= 15 is 0 Å². The zero-order chi connectivity index (χ0) is 22.0.